The molecule has 1 N–H and O–H groups in total. The zero-order valence-corrected chi connectivity index (χ0v) is 16.7. The number of ketones is 1. The number of nitrogens with zero attached hydrogens (tertiary/aromatic N) is 1. The summed E-state index contributed by atoms with van der Waals surface area (Å²) < 4.78 is 37.0. The molecular weight excluding hydrogens is 410 g/mol. The van der Waals surface area contributed by atoms with Crippen LogP contribution >= 0.6 is 0 Å². The molecule has 9 heteroatoms. The van der Waals surface area contributed by atoms with Crippen molar-refractivity contribution in [2.24, 2.45) is 0 Å². The lowest BCUT2D eigenvalue weighted by Crippen LogP contribution is -2.51. The van der Waals surface area contributed by atoms with Gasteiger partial charge in [-0.15, -0.1) is 0 Å². The molecule has 2 aromatic carbocycles. The van der Waals surface area contributed by atoms with E-state index in [4.69, 9.17) is 9.47 Å². The van der Waals surface area contributed by atoms with Crippen molar-refractivity contribution in [3.8, 4) is 11.5 Å². The minimum atomic E-state index is -1.08. The molecule has 0 radical (unpaired) electrons. The van der Waals surface area contributed by atoms with E-state index in [0.29, 0.717) is 11.4 Å². The van der Waals surface area contributed by atoms with E-state index in [2.05, 4.69) is 5.32 Å². The summed E-state index contributed by atoms with van der Waals surface area (Å²) in [5, 5.41) is 2.87. The lowest BCUT2D eigenvalue weighted by Gasteiger charge is -2.33. The van der Waals surface area contributed by atoms with Crippen molar-refractivity contribution in [1.29, 1.82) is 0 Å². The number of nitrogens with one attached hydrogen (secondary N) is 1. The van der Waals surface area contributed by atoms with Gasteiger partial charge in [-0.3, -0.25) is 19.3 Å². The standard InChI is InChI=1S/C22H20F2N2O5/c1-12(22(29)25-14-3-4-14)26-18-8-13(2-7-20(18)31-11-21(26)28)19(27)10-30-15-5-6-16(23)17(24)9-15/h2,5-9,12,14H,3-4,10-11H2,1H3,(H,25,29). The second kappa shape index (κ2) is 8.33. The lowest BCUT2D eigenvalue weighted by molar-refractivity contribution is -0.127. The predicted molar refractivity (Wildman–Crippen MR) is 106 cm³/mol. The molecule has 4 rings (SSSR count). The predicted octanol–water partition coefficient (Wildman–Crippen LogP) is 2.62. The van der Waals surface area contributed by atoms with E-state index < -0.39 is 36.0 Å². The van der Waals surface area contributed by atoms with Gasteiger partial charge in [0.25, 0.3) is 5.91 Å². The maximum Gasteiger partial charge on any atom is 0.265 e. The molecule has 31 heavy (non-hydrogen) atoms. The Kier molecular flexibility index (Phi) is 5.58. The van der Waals surface area contributed by atoms with Gasteiger partial charge in [0.1, 0.15) is 17.5 Å². The van der Waals surface area contributed by atoms with Crippen LogP contribution in [0.1, 0.15) is 30.1 Å². The van der Waals surface area contributed by atoms with Crippen LogP contribution in [0.25, 0.3) is 0 Å². The second-order valence-electron chi connectivity index (χ2n) is 7.48. The topological polar surface area (TPSA) is 84.9 Å². The van der Waals surface area contributed by atoms with Gasteiger partial charge in [0.05, 0.1) is 5.69 Å². The van der Waals surface area contributed by atoms with E-state index in [1.807, 2.05) is 0 Å². The van der Waals surface area contributed by atoms with Crippen LogP contribution in [0, 0.1) is 11.6 Å². The fraction of sp³-hybridized carbons (Fsp3) is 0.318. The molecule has 1 aliphatic carbocycles. The van der Waals surface area contributed by atoms with E-state index in [1.165, 1.54) is 23.1 Å². The molecule has 1 heterocycles. The maximum absolute atomic E-state index is 13.3. The molecule has 2 amide bonds. The van der Waals surface area contributed by atoms with Crippen LogP contribution in [0.4, 0.5) is 14.5 Å². The monoisotopic (exact) mass is 430 g/mol. The van der Waals surface area contributed by atoms with Crippen LogP contribution in [0.3, 0.4) is 0 Å². The average Bonchev–Trinajstić information content (AvgIpc) is 3.57. The molecule has 2 aliphatic rings. The summed E-state index contributed by atoms with van der Waals surface area (Å²) in [7, 11) is 0. The fourth-order valence-corrected chi connectivity index (χ4v) is 3.23. The Balaban J connectivity index is 1.51. The minimum absolute atomic E-state index is 0.00992. The molecule has 1 unspecified atom stereocenters. The number of carbonyl (C=O) groups is 3. The Morgan fingerprint density at radius 2 is 1.97 bits per heavy atom. The van der Waals surface area contributed by atoms with Crippen molar-refractivity contribution in [3.63, 3.8) is 0 Å². The third-order valence-electron chi connectivity index (χ3n) is 5.11. The van der Waals surface area contributed by atoms with E-state index >= 15 is 0 Å². The SMILES string of the molecule is CC(C(=O)NC1CC1)N1C(=O)COc2ccc(C(=O)COc3ccc(F)c(F)c3)cc21. The number of Topliss-reactive ketones (excluding diaryl/α,β-unsaturated/α-hetero) is 1. The first-order valence-corrected chi connectivity index (χ1v) is 9.84. The number of anilines is 1. The van der Waals surface area contributed by atoms with Gasteiger partial charge in [0.2, 0.25) is 5.91 Å². The summed E-state index contributed by atoms with van der Waals surface area (Å²) in [4.78, 5) is 38.9. The van der Waals surface area contributed by atoms with E-state index in [0.717, 1.165) is 25.0 Å². The number of benzene rings is 2. The molecule has 1 fully saturated rings. The van der Waals surface area contributed by atoms with Gasteiger partial charge in [0, 0.05) is 17.7 Å². The van der Waals surface area contributed by atoms with Crippen molar-refractivity contribution in [2.75, 3.05) is 18.1 Å². The summed E-state index contributed by atoms with van der Waals surface area (Å²) in [5.74, 6) is -2.82. The van der Waals surface area contributed by atoms with E-state index in [1.54, 1.807) is 13.0 Å². The first kappa shape index (κ1) is 20.8. The summed E-state index contributed by atoms with van der Waals surface area (Å²) in [6.07, 6.45) is 1.84. The highest BCUT2D eigenvalue weighted by atomic mass is 19.2. The first-order chi connectivity index (χ1) is 14.8. The third-order valence-corrected chi connectivity index (χ3v) is 5.11. The van der Waals surface area contributed by atoms with Crippen molar-refractivity contribution in [2.45, 2.75) is 31.8 Å². The number of fused-ring (bicyclic) bond motifs is 1. The summed E-state index contributed by atoms with van der Waals surface area (Å²) in [6.45, 7) is 0.988. The number of hydrogen-bond donors (Lipinski definition) is 1. The zero-order valence-electron chi connectivity index (χ0n) is 16.7. The van der Waals surface area contributed by atoms with Gasteiger partial charge in [-0.25, -0.2) is 8.78 Å². The highest BCUT2D eigenvalue weighted by Crippen LogP contribution is 2.35. The summed E-state index contributed by atoms with van der Waals surface area (Å²) >= 11 is 0. The van der Waals surface area contributed by atoms with Crippen LogP contribution in [0.2, 0.25) is 0 Å². The molecule has 1 aliphatic heterocycles. The molecule has 162 valence electrons. The molecule has 2 aromatic rings. The number of amides is 2. The number of halogens is 2. The normalized spacial score (nSPS) is 16.2. The van der Waals surface area contributed by atoms with Gasteiger partial charge in [-0.05, 0) is 50.1 Å². The van der Waals surface area contributed by atoms with Crippen molar-refractivity contribution in [3.05, 3.63) is 53.6 Å². The van der Waals surface area contributed by atoms with Gasteiger partial charge < -0.3 is 14.8 Å². The van der Waals surface area contributed by atoms with E-state index in [-0.39, 0.29) is 29.9 Å². The molecule has 0 bridgehead atoms. The quantitative estimate of drug-likeness (QED) is 0.683. The van der Waals surface area contributed by atoms with Crippen LogP contribution in [-0.4, -0.2) is 42.9 Å². The van der Waals surface area contributed by atoms with Crippen LogP contribution in [0.5, 0.6) is 11.5 Å². The number of carbonyl (C=O) groups excluding carboxylic acids is 3. The van der Waals surface area contributed by atoms with Crippen molar-refractivity contribution < 1.29 is 32.6 Å². The fourth-order valence-electron chi connectivity index (χ4n) is 3.23. The third kappa shape index (κ3) is 4.50. The minimum Gasteiger partial charge on any atom is -0.485 e. The molecule has 0 spiro atoms. The van der Waals surface area contributed by atoms with Gasteiger partial charge in [-0.2, -0.15) is 0 Å². The molecule has 0 aromatic heterocycles. The van der Waals surface area contributed by atoms with Crippen LogP contribution in [0.15, 0.2) is 36.4 Å². The summed E-state index contributed by atoms with van der Waals surface area (Å²) in [5.41, 5.74) is 0.535. The highest BCUT2D eigenvalue weighted by Gasteiger charge is 2.35. The Hall–Kier alpha value is -3.49. The number of rotatable bonds is 7. The number of hydrogen-bond acceptors (Lipinski definition) is 5. The molecular formula is C22H20F2N2O5. The van der Waals surface area contributed by atoms with Gasteiger partial charge in [-0.1, -0.05) is 0 Å². The van der Waals surface area contributed by atoms with Crippen LogP contribution in [-0.2, 0) is 9.59 Å². The molecule has 0 saturated heterocycles. The van der Waals surface area contributed by atoms with Gasteiger partial charge >= 0.3 is 0 Å². The average molecular weight is 430 g/mol. The Morgan fingerprint density at radius 3 is 2.68 bits per heavy atom. The van der Waals surface area contributed by atoms with E-state index in [9.17, 15) is 23.2 Å². The smallest absolute Gasteiger partial charge is 0.265 e. The Labute approximate surface area is 176 Å². The summed E-state index contributed by atoms with van der Waals surface area (Å²) in [6, 6.07) is 6.86. The zero-order chi connectivity index (χ0) is 22.1. The first-order valence-electron chi connectivity index (χ1n) is 9.84. The highest BCUT2D eigenvalue weighted by molar-refractivity contribution is 6.06. The molecule has 1 atom stereocenters. The van der Waals surface area contributed by atoms with Crippen LogP contribution < -0.4 is 19.7 Å². The largest absolute Gasteiger partial charge is 0.485 e. The van der Waals surface area contributed by atoms with Gasteiger partial charge in [0.15, 0.2) is 30.6 Å². The van der Waals surface area contributed by atoms with Crippen molar-refractivity contribution in [1.82, 2.24) is 5.32 Å². The maximum atomic E-state index is 13.3. The number of ether oxygens (including phenoxy) is 2. The molecule has 7 nitrogen and oxygen atoms in total. The lowest BCUT2D eigenvalue weighted by atomic mass is 10.1. The second-order valence-corrected chi connectivity index (χ2v) is 7.48. The Morgan fingerprint density at radius 1 is 1.19 bits per heavy atom. The van der Waals surface area contributed by atoms with Crippen molar-refractivity contribution >= 4 is 23.3 Å². The molecule has 1 saturated carbocycles. The Bertz CT molecular complexity index is 1050.